The molecule has 0 saturated carbocycles. The van der Waals surface area contributed by atoms with Crippen molar-refractivity contribution in [2.45, 2.75) is 26.4 Å². The molecule has 15 heavy (non-hydrogen) atoms. The number of rotatable bonds is 3. The first-order valence-corrected chi connectivity index (χ1v) is 5.45. The fourth-order valence-corrected chi connectivity index (χ4v) is 0.742. The molecular formula is C11H18O3Ti. The van der Waals surface area contributed by atoms with Gasteiger partial charge in [0.05, 0.1) is 6.61 Å². The van der Waals surface area contributed by atoms with Gasteiger partial charge in [0.25, 0.3) is 0 Å². The molecule has 1 rings (SSSR count). The van der Waals surface area contributed by atoms with Crippen LogP contribution in [0.5, 0.6) is 0 Å². The normalized spacial score (nSPS) is 7.87. The van der Waals surface area contributed by atoms with Crippen LogP contribution in [0.2, 0.25) is 0 Å². The molecule has 84 valence electrons. The Labute approximate surface area is 103 Å². The topological polar surface area (TPSA) is 57.5 Å². The molecule has 0 atom stereocenters. The van der Waals surface area contributed by atoms with E-state index in [9.17, 15) is 0 Å². The molecule has 0 bridgehead atoms. The van der Waals surface area contributed by atoms with Gasteiger partial charge in [-0.3, -0.25) is 0 Å². The average molecular weight is 246 g/mol. The molecule has 0 fully saturated rings. The zero-order valence-corrected chi connectivity index (χ0v) is 10.6. The minimum atomic E-state index is 0.140. The van der Waals surface area contributed by atoms with E-state index in [1.807, 2.05) is 30.3 Å². The van der Waals surface area contributed by atoms with Crippen molar-refractivity contribution in [3.8, 4) is 0 Å². The predicted octanol–water partition coefficient (Wildman–Crippen LogP) is 1.84. The maximum absolute atomic E-state index is 8.54. The van der Waals surface area contributed by atoms with Gasteiger partial charge in [-0.05, 0) is 12.0 Å². The second-order valence-electron chi connectivity index (χ2n) is 2.72. The number of unbranched alkanes of at least 4 members (excludes halogenated alkanes) is 1. The van der Waals surface area contributed by atoms with Crippen LogP contribution >= 0.6 is 0 Å². The molecule has 0 aliphatic heterocycles. The summed E-state index contributed by atoms with van der Waals surface area (Å²) in [4.78, 5) is 0. The third kappa shape index (κ3) is 13.7. The zero-order chi connectivity index (χ0) is 11.9. The van der Waals surface area contributed by atoms with Crippen molar-refractivity contribution in [2.75, 3.05) is 6.61 Å². The average Bonchev–Trinajstić information content (AvgIpc) is 2.34. The Morgan fingerprint density at radius 2 is 1.67 bits per heavy atom. The van der Waals surface area contributed by atoms with Crippen LogP contribution in [0.15, 0.2) is 30.3 Å². The van der Waals surface area contributed by atoms with Gasteiger partial charge in [-0.1, -0.05) is 43.7 Å². The second-order valence-corrected chi connectivity index (χ2v) is 2.72. The van der Waals surface area contributed by atoms with Gasteiger partial charge >= 0.3 is 23.7 Å². The fraction of sp³-hybridized carbons (Fsp3) is 0.455. The number of aliphatic hydroxyl groups is 2. The van der Waals surface area contributed by atoms with Gasteiger partial charge in [0.1, 0.15) is 0 Å². The summed E-state index contributed by atoms with van der Waals surface area (Å²) in [7, 11) is 0. The van der Waals surface area contributed by atoms with Gasteiger partial charge in [-0.2, -0.15) is 0 Å². The van der Waals surface area contributed by atoms with Crippen LogP contribution in [-0.2, 0) is 30.3 Å². The summed E-state index contributed by atoms with van der Waals surface area (Å²) in [6, 6.07) is 9.52. The summed E-state index contributed by atoms with van der Waals surface area (Å²) in [6.07, 6.45) is 2.04. The van der Waals surface area contributed by atoms with Crippen LogP contribution in [-0.4, -0.2) is 16.8 Å². The quantitative estimate of drug-likeness (QED) is 0.800. The van der Waals surface area contributed by atoms with E-state index >= 15 is 0 Å². The third-order valence-corrected chi connectivity index (χ3v) is 1.54. The molecule has 2 N–H and O–H groups in total. The molecule has 3 nitrogen and oxygen atoms in total. The number of hydrogen-bond donors (Lipinski definition) is 2. The van der Waals surface area contributed by atoms with Gasteiger partial charge in [-0.15, -0.1) is 0 Å². The summed E-state index contributed by atoms with van der Waals surface area (Å²) >= 11 is 0.750. The van der Waals surface area contributed by atoms with E-state index in [0.29, 0.717) is 6.61 Å². The van der Waals surface area contributed by atoms with E-state index in [2.05, 4.69) is 6.92 Å². The molecule has 1 aromatic rings. The van der Waals surface area contributed by atoms with E-state index in [1.165, 1.54) is 0 Å². The van der Waals surface area contributed by atoms with E-state index in [0.717, 1.165) is 38.8 Å². The molecule has 0 heterocycles. The maximum atomic E-state index is 8.54. The Hall–Kier alpha value is -0.346. The molecule has 0 unspecified atom stereocenters. The Balaban J connectivity index is 0. The molecule has 0 aliphatic rings. The van der Waals surface area contributed by atoms with Crippen molar-refractivity contribution < 1.29 is 33.9 Å². The van der Waals surface area contributed by atoms with Gasteiger partial charge in [0.15, 0.2) is 0 Å². The van der Waals surface area contributed by atoms with Crippen molar-refractivity contribution in [3.63, 3.8) is 0 Å². The molecule has 0 spiro atoms. The minimum absolute atomic E-state index is 0.140. The van der Waals surface area contributed by atoms with Gasteiger partial charge in [-0.25, -0.2) is 0 Å². The van der Waals surface area contributed by atoms with Crippen molar-refractivity contribution in [1.29, 1.82) is 0 Å². The summed E-state index contributed by atoms with van der Waals surface area (Å²) in [6.45, 7) is 2.54. The second kappa shape index (κ2) is 16.1. The van der Waals surface area contributed by atoms with E-state index in [1.54, 1.807) is 0 Å². The molecule has 1 aromatic carbocycles. The fourth-order valence-electron chi connectivity index (χ4n) is 0.742. The van der Waals surface area contributed by atoms with E-state index in [-0.39, 0.29) is 6.61 Å². The number of hydrogen-bond acceptors (Lipinski definition) is 3. The Morgan fingerprint density at radius 1 is 1.13 bits per heavy atom. The monoisotopic (exact) mass is 246 g/mol. The van der Waals surface area contributed by atoms with Crippen LogP contribution in [0.25, 0.3) is 0 Å². The molecule has 0 radical (unpaired) electrons. The van der Waals surface area contributed by atoms with Crippen LogP contribution < -0.4 is 0 Å². The van der Waals surface area contributed by atoms with Crippen molar-refractivity contribution in [2.24, 2.45) is 0 Å². The summed E-state index contributed by atoms with van der Waals surface area (Å²) in [5, 5.41) is 16.6. The van der Waals surface area contributed by atoms with Crippen molar-refractivity contribution >= 4 is 0 Å². The van der Waals surface area contributed by atoms with Gasteiger partial charge in [0.2, 0.25) is 0 Å². The molecule has 4 heteroatoms. The van der Waals surface area contributed by atoms with E-state index < -0.39 is 0 Å². The van der Waals surface area contributed by atoms with Crippen molar-refractivity contribution in [1.82, 2.24) is 0 Å². The van der Waals surface area contributed by atoms with Crippen LogP contribution in [0.1, 0.15) is 25.3 Å². The summed E-state index contributed by atoms with van der Waals surface area (Å²) in [5.74, 6) is 0. The third-order valence-electron chi connectivity index (χ3n) is 1.54. The Bertz CT molecular complexity index is 202. The first kappa shape index (κ1) is 17.1. The van der Waals surface area contributed by atoms with E-state index in [4.69, 9.17) is 13.5 Å². The standard InChI is InChI=1S/C7H8O.C4H10O.O.Ti/c8-6-7-4-2-1-3-5-7;1-2-3-4-5;;/h1-5,8H,6H2;5H,2-4H2,1H3;;. The zero-order valence-electron chi connectivity index (χ0n) is 9.02. The Kier molecular flexibility index (Phi) is 18.3. The molecule has 0 saturated heterocycles. The first-order valence-electron chi connectivity index (χ1n) is 4.81. The van der Waals surface area contributed by atoms with Crippen molar-refractivity contribution in [3.05, 3.63) is 35.9 Å². The van der Waals surface area contributed by atoms with Crippen LogP contribution in [0.4, 0.5) is 0 Å². The molecule has 0 amide bonds. The van der Waals surface area contributed by atoms with Crippen LogP contribution in [0.3, 0.4) is 0 Å². The number of benzene rings is 1. The number of aliphatic hydroxyl groups excluding tert-OH is 2. The Morgan fingerprint density at radius 3 is 1.87 bits per heavy atom. The van der Waals surface area contributed by atoms with Crippen LogP contribution in [0, 0.1) is 0 Å². The SMILES string of the molecule is CCCCO.OCc1ccccc1.[O]=[Ti]. The summed E-state index contributed by atoms with van der Waals surface area (Å²) in [5.41, 5.74) is 0.965. The molecular weight excluding hydrogens is 228 g/mol. The summed E-state index contributed by atoms with van der Waals surface area (Å²) < 4.78 is 8.25. The van der Waals surface area contributed by atoms with Gasteiger partial charge in [0, 0.05) is 6.61 Å². The molecule has 0 aromatic heterocycles. The first-order chi connectivity index (χ1) is 7.35. The molecule has 0 aliphatic carbocycles. The predicted molar refractivity (Wildman–Crippen MR) is 55.0 cm³/mol. The van der Waals surface area contributed by atoms with Gasteiger partial charge < -0.3 is 10.2 Å².